The number of nitrogens with zero attached hydrogens (tertiary/aromatic N) is 3. The Morgan fingerprint density at radius 3 is 2.85 bits per heavy atom. The van der Waals surface area contributed by atoms with Crippen LogP contribution in [0.3, 0.4) is 0 Å². The van der Waals surface area contributed by atoms with Gasteiger partial charge in [0.2, 0.25) is 11.1 Å². The van der Waals surface area contributed by atoms with Gasteiger partial charge in [-0.15, -0.1) is 5.10 Å². The van der Waals surface area contributed by atoms with Crippen LogP contribution in [0.1, 0.15) is 25.8 Å². The van der Waals surface area contributed by atoms with Crippen molar-refractivity contribution in [2.75, 3.05) is 11.2 Å². The number of rotatable bonds is 6. The highest BCUT2D eigenvalue weighted by atomic mass is 79.9. The van der Waals surface area contributed by atoms with Crippen molar-refractivity contribution in [3.8, 4) is 0 Å². The summed E-state index contributed by atoms with van der Waals surface area (Å²) >= 11 is 5.04. The number of halogens is 1. The Bertz CT molecular complexity index is 579. The maximum absolute atomic E-state index is 4.30. The van der Waals surface area contributed by atoms with Crippen LogP contribution in [0.5, 0.6) is 0 Å². The largest absolute Gasteiger partial charge is 0.245 e. The van der Waals surface area contributed by atoms with Gasteiger partial charge in [-0.05, 0) is 31.0 Å². The molecule has 0 bridgehead atoms. The first-order valence-corrected chi connectivity index (χ1v) is 8.08. The first-order valence-electron chi connectivity index (χ1n) is 6.30. The molecule has 20 heavy (non-hydrogen) atoms. The zero-order chi connectivity index (χ0) is 14.4. The third-order valence-corrected chi connectivity index (χ3v) is 4.07. The van der Waals surface area contributed by atoms with Crippen molar-refractivity contribution in [3.63, 3.8) is 0 Å². The maximum atomic E-state index is 4.30. The highest BCUT2D eigenvalue weighted by Crippen LogP contribution is 2.15. The fourth-order valence-electron chi connectivity index (χ4n) is 1.45. The summed E-state index contributed by atoms with van der Waals surface area (Å²) in [7, 11) is 0. The van der Waals surface area contributed by atoms with E-state index in [1.165, 1.54) is 0 Å². The fourth-order valence-corrected chi connectivity index (χ4v) is 2.36. The summed E-state index contributed by atoms with van der Waals surface area (Å²) in [6.07, 6.45) is 1.10. The number of benzene rings is 1. The van der Waals surface area contributed by atoms with Gasteiger partial charge in [0, 0.05) is 10.2 Å². The van der Waals surface area contributed by atoms with Crippen LogP contribution in [0.15, 0.2) is 39.0 Å². The molecule has 0 saturated carbocycles. The average molecular weight is 354 g/mol. The molecule has 0 fully saturated rings. The van der Waals surface area contributed by atoms with Crippen molar-refractivity contribution in [2.24, 2.45) is 5.10 Å². The van der Waals surface area contributed by atoms with E-state index in [2.05, 4.69) is 48.6 Å². The van der Waals surface area contributed by atoms with Gasteiger partial charge in [0.25, 0.3) is 0 Å². The van der Waals surface area contributed by atoms with Gasteiger partial charge in [-0.1, -0.05) is 46.7 Å². The molecule has 0 saturated heterocycles. The van der Waals surface area contributed by atoms with E-state index in [-0.39, 0.29) is 0 Å². The summed E-state index contributed by atoms with van der Waals surface area (Å²) in [5, 5.41) is 12.0. The first-order chi connectivity index (χ1) is 9.69. The Labute approximate surface area is 130 Å². The van der Waals surface area contributed by atoms with Crippen LogP contribution in [-0.2, 0) is 0 Å². The van der Waals surface area contributed by atoms with E-state index in [0.29, 0.717) is 5.95 Å². The van der Waals surface area contributed by atoms with E-state index in [4.69, 9.17) is 0 Å². The molecule has 5 nitrogen and oxygen atoms in total. The molecule has 2 aromatic rings. The molecule has 0 unspecified atom stereocenters. The number of hydrogen-bond donors (Lipinski definition) is 2. The second-order valence-electron chi connectivity index (χ2n) is 4.13. The van der Waals surface area contributed by atoms with Crippen LogP contribution in [0, 0.1) is 0 Å². The molecule has 0 spiro atoms. The van der Waals surface area contributed by atoms with Crippen LogP contribution in [0.4, 0.5) is 5.95 Å². The number of hydrazone groups is 1. The van der Waals surface area contributed by atoms with E-state index >= 15 is 0 Å². The molecule has 2 N–H and O–H groups in total. The van der Waals surface area contributed by atoms with Crippen molar-refractivity contribution in [2.45, 2.75) is 25.4 Å². The second-order valence-corrected chi connectivity index (χ2v) is 6.11. The number of aromatic amines is 1. The lowest BCUT2D eigenvalue weighted by atomic mass is 10.1. The molecular formula is C13H16BrN5S. The number of aromatic nitrogens is 3. The zero-order valence-corrected chi connectivity index (χ0v) is 13.8. The topological polar surface area (TPSA) is 66.0 Å². The Hall–Kier alpha value is -1.34. The molecule has 106 valence electrons. The van der Waals surface area contributed by atoms with Crippen LogP contribution in [0.25, 0.3) is 0 Å². The number of hydrogen-bond acceptors (Lipinski definition) is 5. The van der Waals surface area contributed by atoms with Gasteiger partial charge in [0.15, 0.2) is 0 Å². The molecule has 1 aromatic heterocycles. The van der Waals surface area contributed by atoms with Crippen molar-refractivity contribution in [1.29, 1.82) is 0 Å². The zero-order valence-electron chi connectivity index (χ0n) is 11.4. The predicted octanol–water partition coefficient (Wildman–Crippen LogP) is 3.91. The summed E-state index contributed by atoms with van der Waals surface area (Å²) in [4.78, 5) is 4.30. The standard InChI is InChI=1S/C13H16BrN5S/c1-3-8-20-13-15-12(18-19-13)17-16-9(2)10-4-6-11(14)7-5-10/h4-7H,3,8H2,1-2H3,(H2,15,17,18,19). The SMILES string of the molecule is CCCSc1n[nH]c(NN=C(C)c2ccc(Br)cc2)n1. The Balaban J connectivity index is 1.97. The smallest absolute Gasteiger partial charge is 0.240 e. The normalized spacial score (nSPS) is 11.7. The minimum atomic E-state index is 0.556. The predicted molar refractivity (Wildman–Crippen MR) is 87.4 cm³/mol. The van der Waals surface area contributed by atoms with E-state index in [0.717, 1.165) is 33.1 Å². The number of nitrogens with one attached hydrogen (secondary N) is 2. The lowest BCUT2D eigenvalue weighted by molar-refractivity contribution is 0.968. The van der Waals surface area contributed by atoms with Gasteiger partial charge in [-0.3, -0.25) is 0 Å². The molecule has 2 rings (SSSR count). The summed E-state index contributed by atoms with van der Waals surface area (Å²) in [6.45, 7) is 4.07. The van der Waals surface area contributed by atoms with Gasteiger partial charge in [0.1, 0.15) is 0 Å². The first kappa shape index (κ1) is 15.1. The molecule has 0 amide bonds. The number of H-pyrrole nitrogens is 1. The number of anilines is 1. The molecule has 1 aromatic carbocycles. The Kier molecular flexibility index (Phi) is 5.60. The monoisotopic (exact) mass is 353 g/mol. The lowest BCUT2D eigenvalue weighted by Crippen LogP contribution is -2.00. The molecule has 0 aliphatic carbocycles. The maximum Gasteiger partial charge on any atom is 0.240 e. The number of thioether (sulfide) groups is 1. The van der Waals surface area contributed by atoms with Gasteiger partial charge in [-0.25, -0.2) is 10.5 Å². The van der Waals surface area contributed by atoms with Crippen molar-refractivity contribution in [1.82, 2.24) is 15.2 Å². The third kappa shape index (κ3) is 4.35. The summed E-state index contributed by atoms with van der Waals surface area (Å²) in [6, 6.07) is 7.99. The summed E-state index contributed by atoms with van der Waals surface area (Å²) in [5.41, 5.74) is 4.83. The highest BCUT2D eigenvalue weighted by molar-refractivity contribution is 9.10. The quantitative estimate of drug-likeness (QED) is 0.469. The molecule has 0 aliphatic heterocycles. The lowest BCUT2D eigenvalue weighted by Gasteiger charge is -2.01. The van der Waals surface area contributed by atoms with E-state index in [9.17, 15) is 0 Å². The van der Waals surface area contributed by atoms with Gasteiger partial charge in [-0.2, -0.15) is 10.1 Å². The molecule has 0 atom stereocenters. The Morgan fingerprint density at radius 2 is 2.15 bits per heavy atom. The summed E-state index contributed by atoms with van der Waals surface area (Å²) < 4.78 is 1.05. The van der Waals surface area contributed by atoms with Gasteiger partial charge in [0.05, 0.1) is 5.71 Å². The highest BCUT2D eigenvalue weighted by Gasteiger charge is 2.02. The van der Waals surface area contributed by atoms with E-state index in [1.807, 2.05) is 31.2 Å². The molecular weight excluding hydrogens is 338 g/mol. The van der Waals surface area contributed by atoms with Crippen LogP contribution < -0.4 is 5.43 Å². The van der Waals surface area contributed by atoms with Crippen LogP contribution in [-0.4, -0.2) is 26.6 Å². The minimum absolute atomic E-state index is 0.556. The Morgan fingerprint density at radius 1 is 1.40 bits per heavy atom. The third-order valence-electron chi connectivity index (χ3n) is 2.49. The molecule has 1 heterocycles. The summed E-state index contributed by atoms with van der Waals surface area (Å²) in [5.74, 6) is 1.57. The van der Waals surface area contributed by atoms with Crippen molar-refractivity contribution >= 4 is 39.4 Å². The van der Waals surface area contributed by atoms with E-state index < -0.39 is 0 Å². The minimum Gasteiger partial charge on any atom is -0.245 e. The van der Waals surface area contributed by atoms with Gasteiger partial charge >= 0.3 is 0 Å². The fraction of sp³-hybridized carbons (Fsp3) is 0.308. The van der Waals surface area contributed by atoms with Crippen molar-refractivity contribution in [3.05, 3.63) is 34.3 Å². The molecule has 0 radical (unpaired) electrons. The molecule has 7 heteroatoms. The van der Waals surface area contributed by atoms with Crippen LogP contribution in [0.2, 0.25) is 0 Å². The van der Waals surface area contributed by atoms with Gasteiger partial charge < -0.3 is 0 Å². The van der Waals surface area contributed by atoms with E-state index in [1.54, 1.807) is 11.8 Å². The molecule has 0 aliphatic rings. The second kappa shape index (κ2) is 7.44. The average Bonchev–Trinajstić information content (AvgIpc) is 2.91. The van der Waals surface area contributed by atoms with Crippen molar-refractivity contribution < 1.29 is 0 Å². The van der Waals surface area contributed by atoms with Crippen LogP contribution >= 0.6 is 27.7 Å².